The third kappa shape index (κ3) is 2.44. The molecule has 170 valence electrons. The molecule has 5 nitrogen and oxygen atoms in total. The highest BCUT2D eigenvalue weighted by Gasteiger charge is 2.54. The van der Waals surface area contributed by atoms with Crippen molar-refractivity contribution in [3.63, 3.8) is 0 Å². The molecule has 6 rings (SSSR count). The molecule has 0 spiro atoms. The van der Waals surface area contributed by atoms with Crippen LogP contribution in [0.15, 0.2) is 66.9 Å². The number of carbonyl (C=O) groups is 1. The Labute approximate surface area is 198 Å². The minimum Gasteiger partial charge on any atom is -0.439 e. The van der Waals surface area contributed by atoms with Crippen LogP contribution in [0, 0.1) is 13.8 Å². The number of hydrogen-bond donors (Lipinski definition) is 0. The van der Waals surface area contributed by atoms with Crippen molar-refractivity contribution in [1.82, 2.24) is 14.1 Å². The molecular weight excluding hydrogens is 422 g/mol. The Bertz CT molecular complexity index is 1520. The molecule has 2 aromatic carbocycles. The average Bonchev–Trinajstić information content (AvgIpc) is 3.43. The smallest absolute Gasteiger partial charge is 0.358 e. The number of aromatic nitrogens is 3. The van der Waals surface area contributed by atoms with Crippen LogP contribution in [-0.2, 0) is 23.4 Å². The number of hydrogen-bond acceptors (Lipinski definition) is 3. The molecule has 0 saturated carbocycles. The highest BCUT2D eigenvalue weighted by molar-refractivity contribution is 6.00. The normalized spacial score (nSPS) is 14.6. The third-order valence-corrected chi connectivity index (χ3v) is 7.42. The van der Waals surface area contributed by atoms with Crippen LogP contribution in [0.2, 0.25) is 0 Å². The van der Waals surface area contributed by atoms with Crippen LogP contribution in [-0.4, -0.2) is 20.1 Å². The SMILES string of the molecule is CCn1c(C)c(C2(c3c(C)n(CC)c4ccccc34)OC(=O)c3ncccc32)c2ccccc21. The van der Waals surface area contributed by atoms with E-state index in [0.29, 0.717) is 5.69 Å². The summed E-state index contributed by atoms with van der Waals surface area (Å²) in [6, 6.07) is 20.7. The van der Waals surface area contributed by atoms with Gasteiger partial charge in [0.15, 0.2) is 11.3 Å². The van der Waals surface area contributed by atoms with E-state index in [2.05, 4.69) is 90.3 Å². The summed E-state index contributed by atoms with van der Waals surface area (Å²) >= 11 is 0. The van der Waals surface area contributed by atoms with Crippen molar-refractivity contribution < 1.29 is 9.53 Å². The van der Waals surface area contributed by atoms with E-state index < -0.39 is 5.60 Å². The predicted octanol–water partition coefficient (Wildman–Crippen LogP) is 6.11. The maximum atomic E-state index is 13.4. The van der Waals surface area contributed by atoms with Crippen LogP contribution in [0.4, 0.5) is 0 Å². The predicted molar refractivity (Wildman–Crippen MR) is 134 cm³/mol. The van der Waals surface area contributed by atoms with Gasteiger partial charge in [0.25, 0.3) is 0 Å². The number of ether oxygens (including phenoxy) is 1. The molecule has 5 heteroatoms. The van der Waals surface area contributed by atoms with Gasteiger partial charge in [-0.25, -0.2) is 9.78 Å². The second kappa shape index (κ2) is 7.32. The number of cyclic esters (lactones) is 1. The molecule has 1 aliphatic heterocycles. The third-order valence-electron chi connectivity index (χ3n) is 7.42. The van der Waals surface area contributed by atoms with Gasteiger partial charge in [-0.3, -0.25) is 0 Å². The van der Waals surface area contributed by atoms with Gasteiger partial charge in [0.1, 0.15) is 0 Å². The molecule has 0 fully saturated rings. The van der Waals surface area contributed by atoms with Crippen molar-refractivity contribution in [1.29, 1.82) is 0 Å². The van der Waals surface area contributed by atoms with Gasteiger partial charge >= 0.3 is 5.97 Å². The first kappa shape index (κ1) is 20.7. The average molecular weight is 450 g/mol. The quantitative estimate of drug-likeness (QED) is 0.311. The molecule has 0 atom stereocenters. The van der Waals surface area contributed by atoms with Crippen LogP contribution in [0.25, 0.3) is 21.8 Å². The Kier molecular flexibility index (Phi) is 4.46. The molecule has 0 radical (unpaired) electrons. The lowest BCUT2D eigenvalue weighted by molar-refractivity contribution is 0.0253. The lowest BCUT2D eigenvalue weighted by Gasteiger charge is -2.31. The van der Waals surface area contributed by atoms with E-state index in [1.165, 1.54) is 0 Å². The first-order valence-electron chi connectivity index (χ1n) is 11.9. The van der Waals surface area contributed by atoms with Gasteiger partial charge in [0.2, 0.25) is 0 Å². The monoisotopic (exact) mass is 449 g/mol. The summed E-state index contributed by atoms with van der Waals surface area (Å²) in [4.78, 5) is 17.8. The summed E-state index contributed by atoms with van der Waals surface area (Å²) in [5, 5.41) is 2.19. The maximum Gasteiger partial charge on any atom is 0.358 e. The fourth-order valence-electron chi connectivity index (χ4n) is 6.16. The van der Waals surface area contributed by atoms with Crippen molar-refractivity contribution >= 4 is 27.8 Å². The van der Waals surface area contributed by atoms with Crippen molar-refractivity contribution in [2.75, 3.05) is 0 Å². The van der Waals surface area contributed by atoms with E-state index in [-0.39, 0.29) is 5.97 Å². The van der Waals surface area contributed by atoms with E-state index in [9.17, 15) is 4.79 Å². The Morgan fingerprint density at radius 2 is 1.32 bits per heavy atom. The first-order chi connectivity index (χ1) is 16.5. The van der Waals surface area contributed by atoms with Crippen molar-refractivity contribution in [3.8, 4) is 0 Å². The molecule has 0 amide bonds. The number of nitrogens with zero attached hydrogens (tertiary/aromatic N) is 3. The number of carbonyl (C=O) groups excluding carboxylic acids is 1. The van der Waals surface area contributed by atoms with Gasteiger partial charge < -0.3 is 13.9 Å². The number of rotatable bonds is 4. The lowest BCUT2D eigenvalue weighted by atomic mass is 9.78. The lowest BCUT2D eigenvalue weighted by Crippen LogP contribution is -2.31. The number of aryl methyl sites for hydroxylation is 2. The second-order valence-electron chi connectivity index (χ2n) is 8.91. The maximum absolute atomic E-state index is 13.4. The largest absolute Gasteiger partial charge is 0.439 e. The Morgan fingerprint density at radius 3 is 1.85 bits per heavy atom. The Hall–Kier alpha value is -3.86. The minimum absolute atomic E-state index is 0.379. The molecule has 1 aliphatic rings. The Morgan fingerprint density at radius 1 is 0.794 bits per heavy atom. The molecule has 5 aromatic rings. The first-order valence-corrected chi connectivity index (χ1v) is 11.9. The molecule has 0 N–H and O–H groups in total. The van der Waals surface area contributed by atoms with Gasteiger partial charge in [0.05, 0.1) is 0 Å². The second-order valence-corrected chi connectivity index (χ2v) is 8.91. The van der Waals surface area contributed by atoms with E-state index in [1.807, 2.05) is 12.1 Å². The van der Waals surface area contributed by atoms with E-state index in [4.69, 9.17) is 4.74 Å². The summed E-state index contributed by atoms with van der Waals surface area (Å²) in [5.41, 5.74) is 6.63. The van der Waals surface area contributed by atoms with Crippen LogP contribution < -0.4 is 0 Å². The molecule has 0 bridgehead atoms. The van der Waals surface area contributed by atoms with Crippen LogP contribution in [0.3, 0.4) is 0 Å². The molecule has 4 heterocycles. The van der Waals surface area contributed by atoms with Gasteiger partial charge in [-0.15, -0.1) is 0 Å². The summed E-state index contributed by atoms with van der Waals surface area (Å²) in [6.45, 7) is 10.2. The van der Waals surface area contributed by atoms with Gasteiger partial charge in [-0.1, -0.05) is 42.5 Å². The number of fused-ring (bicyclic) bond motifs is 3. The van der Waals surface area contributed by atoms with Crippen LogP contribution in [0.5, 0.6) is 0 Å². The Balaban J connectivity index is 1.86. The topological polar surface area (TPSA) is 49.0 Å². The van der Waals surface area contributed by atoms with Gasteiger partial charge in [0, 0.05) is 69.2 Å². The zero-order valence-electron chi connectivity index (χ0n) is 19.9. The molecule has 3 aromatic heterocycles. The summed E-state index contributed by atoms with van der Waals surface area (Å²) in [5.74, 6) is -0.379. The van der Waals surface area contributed by atoms with Crippen LogP contribution in [0.1, 0.15) is 52.4 Å². The fraction of sp³-hybridized carbons (Fsp3) is 0.241. The number of benzene rings is 2. The van der Waals surface area contributed by atoms with Crippen molar-refractivity contribution in [2.24, 2.45) is 0 Å². The molecule has 0 aliphatic carbocycles. The summed E-state index contributed by atoms with van der Waals surface area (Å²) in [6.07, 6.45) is 1.67. The molecular formula is C29H27N3O2. The zero-order chi connectivity index (χ0) is 23.6. The zero-order valence-corrected chi connectivity index (χ0v) is 19.9. The standard InChI is InChI=1S/C29H27N3O2/c1-5-31-18(3)25(20-12-7-9-15-23(20)31)29(22-14-11-17-30-27(22)28(33)34-29)26-19(4)32(6-2)24-16-10-8-13-21(24)26/h7-17H,5-6H2,1-4H3. The van der Waals surface area contributed by atoms with Crippen molar-refractivity contribution in [3.05, 3.63) is 101 Å². The summed E-state index contributed by atoms with van der Waals surface area (Å²) in [7, 11) is 0. The minimum atomic E-state index is -1.09. The van der Waals surface area contributed by atoms with E-state index in [0.717, 1.165) is 63.0 Å². The molecule has 0 unspecified atom stereocenters. The highest BCUT2D eigenvalue weighted by Crippen LogP contribution is 2.53. The van der Waals surface area contributed by atoms with Crippen LogP contribution >= 0.6 is 0 Å². The van der Waals surface area contributed by atoms with Gasteiger partial charge in [-0.2, -0.15) is 0 Å². The number of esters is 1. The fourth-order valence-corrected chi connectivity index (χ4v) is 6.16. The highest BCUT2D eigenvalue weighted by atomic mass is 16.6. The molecule has 0 saturated heterocycles. The summed E-state index contributed by atoms with van der Waals surface area (Å²) < 4.78 is 11.2. The van der Waals surface area contributed by atoms with Gasteiger partial charge in [-0.05, 0) is 45.9 Å². The van der Waals surface area contributed by atoms with Crippen molar-refractivity contribution in [2.45, 2.75) is 46.4 Å². The van der Waals surface area contributed by atoms with E-state index in [1.54, 1.807) is 6.20 Å². The van der Waals surface area contributed by atoms with E-state index >= 15 is 0 Å². The molecule has 34 heavy (non-hydrogen) atoms. The number of para-hydroxylation sites is 2. The number of pyridine rings is 1.